The highest BCUT2D eigenvalue weighted by Gasteiger charge is 2.48. The maximum atomic E-state index is 15.8. The number of anilines is 1. The quantitative estimate of drug-likeness (QED) is 0.152. The lowest BCUT2D eigenvalue weighted by Gasteiger charge is -2.36. The van der Waals surface area contributed by atoms with Crippen LogP contribution in [0.2, 0.25) is 0 Å². The lowest BCUT2D eigenvalue weighted by atomic mass is 9.88. The number of nitrogens with one attached hydrogen (secondary N) is 1. The smallest absolute Gasteiger partial charge is 0.410 e. The number of nitrogens with zero attached hydrogens (tertiary/aromatic N) is 5. The van der Waals surface area contributed by atoms with E-state index in [1.54, 1.807) is 13.1 Å². The van der Waals surface area contributed by atoms with Gasteiger partial charge in [-0.05, 0) is 100 Å². The summed E-state index contributed by atoms with van der Waals surface area (Å²) in [6.45, 7) is 10.5. The lowest BCUT2D eigenvalue weighted by Crippen LogP contribution is -2.50. The first kappa shape index (κ1) is 35.3. The van der Waals surface area contributed by atoms with Gasteiger partial charge in [0, 0.05) is 53.1 Å². The number of rotatable bonds is 9. The molecule has 1 amide bonds. The monoisotopic (exact) mass is 744 g/mol. The average molecular weight is 745 g/mol. The minimum absolute atomic E-state index is 0.0193. The molecule has 55 heavy (non-hydrogen) atoms. The largest absolute Gasteiger partial charge is 0.486 e. The molecule has 5 aromatic rings. The van der Waals surface area contributed by atoms with E-state index in [-0.39, 0.29) is 48.4 Å². The molecule has 2 bridgehead atoms. The number of carbonyl (C=O) groups is 1. The number of piperazine rings is 1. The Morgan fingerprint density at radius 3 is 2.56 bits per heavy atom. The topological polar surface area (TPSA) is 115 Å². The number of fused-ring (bicyclic) bond motifs is 4. The molecular formula is C43H45FN6O5. The minimum atomic E-state index is -0.587. The predicted molar refractivity (Wildman–Crippen MR) is 207 cm³/mol. The van der Waals surface area contributed by atoms with Gasteiger partial charge in [-0.3, -0.25) is 5.10 Å². The van der Waals surface area contributed by atoms with Crippen LogP contribution in [0, 0.1) is 31.0 Å². The molecule has 0 spiro atoms. The number of ether oxygens (including phenoxy) is 4. The predicted octanol–water partition coefficient (Wildman–Crippen LogP) is 7.67. The number of hydrogen-bond acceptors (Lipinski definition) is 9. The van der Waals surface area contributed by atoms with Gasteiger partial charge in [0.15, 0.2) is 5.75 Å². The highest BCUT2D eigenvalue weighted by molar-refractivity contribution is 6.06. The van der Waals surface area contributed by atoms with Crippen molar-refractivity contribution in [3.05, 3.63) is 70.7 Å². The van der Waals surface area contributed by atoms with E-state index in [2.05, 4.69) is 27.1 Å². The summed E-state index contributed by atoms with van der Waals surface area (Å²) >= 11 is 0. The van der Waals surface area contributed by atoms with Crippen LogP contribution in [-0.4, -0.2) is 81.8 Å². The first-order valence-electron chi connectivity index (χ1n) is 19.2. The Balaban J connectivity index is 1.23. The SMILES string of the molecule is C#Cc1ccc(COc2c(-c3c(C)c(F)cc4[nH]ncc34)c(C3CC3)cc3c(N4C[C@@H]5C[C@H]4CN5C(=O)OC(C)(C)C)nc(OC[C@H]4CCOC4)nc23)cc1. The zero-order valence-corrected chi connectivity index (χ0v) is 31.7. The van der Waals surface area contributed by atoms with Gasteiger partial charge in [0.2, 0.25) is 0 Å². The number of likely N-dealkylation sites (tertiary alicyclic amines) is 1. The zero-order chi connectivity index (χ0) is 38.0. The zero-order valence-electron chi connectivity index (χ0n) is 31.7. The normalized spacial score (nSPS) is 20.8. The molecule has 5 heterocycles. The number of carbonyl (C=O) groups excluding carboxylic acids is 1. The van der Waals surface area contributed by atoms with Crippen LogP contribution in [-0.2, 0) is 16.1 Å². The third kappa shape index (κ3) is 6.69. The molecule has 3 atom stereocenters. The number of benzene rings is 3. The van der Waals surface area contributed by atoms with Crippen LogP contribution in [0.4, 0.5) is 15.0 Å². The molecule has 3 saturated heterocycles. The van der Waals surface area contributed by atoms with Crippen LogP contribution in [0.3, 0.4) is 0 Å². The fourth-order valence-corrected chi connectivity index (χ4v) is 8.33. The second kappa shape index (κ2) is 13.7. The van der Waals surface area contributed by atoms with Crippen LogP contribution < -0.4 is 14.4 Å². The molecule has 11 nitrogen and oxygen atoms in total. The van der Waals surface area contributed by atoms with Crippen LogP contribution in [0.15, 0.2) is 42.6 Å². The molecule has 0 unspecified atom stereocenters. The third-order valence-electron chi connectivity index (χ3n) is 11.3. The Kier molecular flexibility index (Phi) is 8.80. The number of hydrogen-bond donors (Lipinski definition) is 1. The number of H-pyrrole nitrogens is 1. The molecule has 284 valence electrons. The standard InChI is InChI=1S/C43H45FN6O5/c1-6-25-7-9-26(10-8-25)22-53-39-37(36-24(2)34(44)17-35-33(36)18-45-48-35)31(28-11-12-28)16-32-38(39)46-41(54-23-27-13-14-52-21-27)47-40(32)49-19-30-15-29(49)20-50(30)42(51)55-43(3,4)5/h1,7-10,16-18,27-30H,11-15,19-23H2,2-5H3,(H,45,48)/t27-,29-,30-/m0/s1. The maximum absolute atomic E-state index is 15.8. The van der Waals surface area contributed by atoms with Crippen molar-refractivity contribution in [2.24, 2.45) is 5.92 Å². The lowest BCUT2D eigenvalue weighted by molar-refractivity contribution is 0.0214. The van der Waals surface area contributed by atoms with Crippen LogP contribution in [0.1, 0.15) is 74.6 Å². The van der Waals surface area contributed by atoms with Crippen molar-refractivity contribution in [1.29, 1.82) is 0 Å². The van der Waals surface area contributed by atoms with Crippen molar-refractivity contribution < 1.29 is 28.1 Å². The van der Waals surface area contributed by atoms with E-state index < -0.39 is 5.60 Å². The first-order valence-corrected chi connectivity index (χ1v) is 19.2. The van der Waals surface area contributed by atoms with Crippen LogP contribution >= 0.6 is 0 Å². The van der Waals surface area contributed by atoms with Crippen molar-refractivity contribution >= 4 is 33.7 Å². The first-order chi connectivity index (χ1) is 26.5. The van der Waals surface area contributed by atoms with Gasteiger partial charge in [-0.2, -0.15) is 15.1 Å². The summed E-state index contributed by atoms with van der Waals surface area (Å²) in [6.07, 6.45) is 10.8. The van der Waals surface area contributed by atoms with Crippen molar-refractivity contribution in [2.75, 3.05) is 37.8 Å². The highest BCUT2D eigenvalue weighted by atomic mass is 19.1. The van der Waals surface area contributed by atoms with Crippen molar-refractivity contribution in [3.8, 4) is 35.2 Å². The molecule has 1 saturated carbocycles. The van der Waals surface area contributed by atoms with Crippen molar-refractivity contribution in [1.82, 2.24) is 25.1 Å². The van der Waals surface area contributed by atoms with E-state index in [1.165, 1.54) is 6.07 Å². The Bertz CT molecular complexity index is 2340. The van der Waals surface area contributed by atoms with E-state index in [9.17, 15) is 4.79 Å². The van der Waals surface area contributed by atoms with Gasteiger partial charge in [-0.1, -0.05) is 18.1 Å². The Morgan fingerprint density at radius 1 is 1.05 bits per heavy atom. The molecule has 0 radical (unpaired) electrons. The van der Waals surface area contributed by atoms with Crippen molar-refractivity contribution in [3.63, 3.8) is 0 Å². The number of aromatic nitrogens is 4. The summed E-state index contributed by atoms with van der Waals surface area (Å²) < 4.78 is 40.6. The molecule has 2 aromatic heterocycles. The molecule has 1 N–H and O–H groups in total. The molecule has 4 aliphatic rings. The van der Waals surface area contributed by atoms with E-state index in [0.717, 1.165) is 70.1 Å². The van der Waals surface area contributed by atoms with E-state index >= 15 is 4.39 Å². The summed E-state index contributed by atoms with van der Waals surface area (Å²) in [5, 5.41) is 8.92. The fraction of sp³-hybridized carbons (Fsp3) is 0.442. The van der Waals surface area contributed by atoms with Gasteiger partial charge < -0.3 is 28.7 Å². The molecule has 1 aliphatic carbocycles. The van der Waals surface area contributed by atoms with Gasteiger partial charge in [0.25, 0.3) is 0 Å². The van der Waals surface area contributed by atoms with Gasteiger partial charge in [-0.25, -0.2) is 9.18 Å². The highest BCUT2D eigenvalue weighted by Crippen LogP contribution is 2.53. The van der Waals surface area contributed by atoms with Crippen molar-refractivity contribution in [2.45, 2.75) is 83.6 Å². The van der Waals surface area contributed by atoms with Gasteiger partial charge >= 0.3 is 12.1 Å². The molecule has 12 heteroatoms. The second-order valence-corrected chi connectivity index (χ2v) is 16.4. The van der Waals surface area contributed by atoms with Crippen LogP contribution in [0.25, 0.3) is 32.9 Å². The maximum Gasteiger partial charge on any atom is 0.410 e. The summed E-state index contributed by atoms with van der Waals surface area (Å²) in [6, 6.07) is 11.6. The molecule has 3 aromatic carbocycles. The van der Waals surface area contributed by atoms with Gasteiger partial charge in [-0.15, -0.1) is 6.42 Å². The summed E-state index contributed by atoms with van der Waals surface area (Å²) in [5.74, 6) is 4.09. The van der Waals surface area contributed by atoms with E-state index in [0.29, 0.717) is 55.3 Å². The Labute approximate surface area is 319 Å². The van der Waals surface area contributed by atoms with E-state index in [4.69, 9.17) is 35.3 Å². The number of aromatic amines is 1. The number of terminal acetylenes is 1. The molecule has 3 aliphatic heterocycles. The average Bonchev–Trinajstić information content (AvgIpc) is 3.53. The molecule has 4 fully saturated rings. The Hall–Kier alpha value is -5.41. The number of halogens is 1. The van der Waals surface area contributed by atoms with E-state index in [1.807, 2.05) is 49.9 Å². The second-order valence-electron chi connectivity index (χ2n) is 16.4. The van der Waals surface area contributed by atoms with Gasteiger partial charge in [0.05, 0.1) is 37.0 Å². The third-order valence-corrected chi connectivity index (χ3v) is 11.3. The Morgan fingerprint density at radius 2 is 1.87 bits per heavy atom. The summed E-state index contributed by atoms with van der Waals surface area (Å²) in [7, 11) is 0. The number of amides is 1. The van der Waals surface area contributed by atoms with Gasteiger partial charge in [0.1, 0.15) is 29.4 Å². The summed E-state index contributed by atoms with van der Waals surface area (Å²) in [4.78, 5) is 27.6. The van der Waals surface area contributed by atoms with Crippen LogP contribution in [0.5, 0.6) is 11.8 Å². The molecular weight excluding hydrogens is 700 g/mol. The minimum Gasteiger partial charge on any atom is -0.486 e. The fourth-order valence-electron chi connectivity index (χ4n) is 8.33. The molecule has 9 rings (SSSR count). The summed E-state index contributed by atoms with van der Waals surface area (Å²) in [5.41, 5.74) is 5.38.